The van der Waals surface area contributed by atoms with Crippen molar-refractivity contribution in [1.29, 1.82) is 0 Å². The summed E-state index contributed by atoms with van der Waals surface area (Å²) in [6.45, 7) is 27.0. The van der Waals surface area contributed by atoms with Crippen molar-refractivity contribution in [1.82, 2.24) is 0 Å². The molecule has 0 saturated heterocycles. The van der Waals surface area contributed by atoms with E-state index in [-0.39, 0.29) is 6.10 Å². The van der Waals surface area contributed by atoms with E-state index < -0.39 is 5.41 Å². The van der Waals surface area contributed by atoms with Crippen molar-refractivity contribution in [2.24, 2.45) is 0 Å². The van der Waals surface area contributed by atoms with Gasteiger partial charge in [0.15, 0.2) is 0 Å². The first-order valence-corrected chi connectivity index (χ1v) is 12.5. The van der Waals surface area contributed by atoms with Crippen LogP contribution in [0.15, 0.2) is 140 Å². The Labute approximate surface area is 218 Å². The summed E-state index contributed by atoms with van der Waals surface area (Å²) < 4.78 is 11.5. The minimum Gasteiger partial charge on any atom is -0.495 e. The Morgan fingerprint density at radius 2 is 1.72 bits per heavy atom. The van der Waals surface area contributed by atoms with Crippen LogP contribution in [-0.4, -0.2) is 12.7 Å². The summed E-state index contributed by atoms with van der Waals surface area (Å²) in [7, 11) is 0. The summed E-state index contributed by atoms with van der Waals surface area (Å²) in [6, 6.07) is 8.49. The van der Waals surface area contributed by atoms with E-state index in [1.165, 1.54) is 0 Å². The third kappa shape index (κ3) is 5.71. The van der Waals surface area contributed by atoms with Gasteiger partial charge in [-0.15, -0.1) is 0 Å². The SMILES string of the molecule is C=CC1=C(/C=C\C)C(/C(C=C)=C/C=C(\C=C)OC(C)C)(C(/C=C\C(=C)OCC)=C/C)c2ccccc21. The van der Waals surface area contributed by atoms with E-state index in [9.17, 15) is 0 Å². The van der Waals surface area contributed by atoms with E-state index in [0.717, 1.165) is 33.4 Å². The van der Waals surface area contributed by atoms with Crippen molar-refractivity contribution < 1.29 is 9.47 Å². The van der Waals surface area contributed by atoms with Crippen molar-refractivity contribution in [2.45, 2.75) is 46.1 Å². The van der Waals surface area contributed by atoms with Gasteiger partial charge in [0.05, 0.1) is 18.1 Å². The summed E-state index contributed by atoms with van der Waals surface area (Å²) in [6.07, 6.45) is 20.1. The lowest BCUT2D eigenvalue weighted by Gasteiger charge is -2.36. The number of allylic oxidation sites excluding steroid dienone is 14. The molecule has 0 radical (unpaired) electrons. The molecule has 0 heterocycles. The van der Waals surface area contributed by atoms with Crippen LogP contribution in [0.3, 0.4) is 0 Å². The zero-order chi connectivity index (χ0) is 26.7. The maximum atomic E-state index is 5.93. The predicted octanol–water partition coefficient (Wildman–Crippen LogP) is 9.11. The van der Waals surface area contributed by atoms with Crippen molar-refractivity contribution in [3.05, 3.63) is 151 Å². The lowest BCUT2D eigenvalue weighted by atomic mass is 9.65. The largest absolute Gasteiger partial charge is 0.495 e. The number of rotatable bonds is 13. The molecule has 1 atom stereocenters. The highest BCUT2D eigenvalue weighted by Crippen LogP contribution is 2.56. The summed E-state index contributed by atoms with van der Waals surface area (Å²) in [5.41, 5.74) is 5.99. The number of fused-ring (bicyclic) bond motifs is 1. The van der Waals surface area contributed by atoms with Gasteiger partial charge in [-0.1, -0.05) is 93.1 Å². The molecule has 188 valence electrons. The Balaban J connectivity index is 3.01. The minimum atomic E-state index is -0.632. The van der Waals surface area contributed by atoms with Crippen LogP contribution in [0.25, 0.3) is 5.57 Å². The van der Waals surface area contributed by atoms with Crippen molar-refractivity contribution >= 4 is 5.57 Å². The lowest BCUT2D eigenvalue weighted by Crippen LogP contribution is -2.30. The van der Waals surface area contributed by atoms with E-state index >= 15 is 0 Å². The summed E-state index contributed by atoms with van der Waals surface area (Å²) >= 11 is 0. The Morgan fingerprint density at radius 1 is 1.00 bits per heavy atom. The highest BCUT2D eigenvalue weighted by atomic mass is 16.5. The van der Waals surface area contributed by atoms with Gasteiger partial charge in [-0.05, 0) is 86.3 Å². The Bertz CT molecular complexity index is 1180. The molecule has 0 aromatic heterocycles. The van der Waals surface area contributed by atoms with E-state index in [4.69, 9.17) is 9.47 Å². The molecule has 0 spiro atoms. The maximum absolute atomic E-state index is 5.93. The molecule has 2 rings (SSSR count). The molecule has 1 aromatic carbocycles. The lowest BCUT2D eigenvalue weighted by molar-refractivity contribution is 0.158. The van der Waals surface area contributed by atoms with Crippen LogP contribution in [0.1, 0.15) is 45.7 Å². The highest BCUT2D eigenvalue weighted by Gasteiger charge is 2.47. The van der Waals surface area contributed by atoms with Crippen LogP contribution in [0.2, 0.25) is 0 Å². The zero-order valence-electron chi connectivity index (χ0n) is 22.5. The molecule has 1 aliphatic carbocycles. The summed E-state index contributed by atoms with van der Waals surface area (Å²) in [4.78, 5) is 0. The zero-order valence-corrected chi connectivity index (χ0v) is 22.5. The topological polar surface area (TPSA) is 18.5 Å². The summed E-state index contributed by atoms with van der Waals surface area (Å²) in [5, 5.41) is 0. The Morgan fingerprint density at radius 3 is 2.28 bits per heavy atom. The normalized spacial score (nSPS) is 18.7. The van der Waals surface area contributed by atoms with Crippen LogP contribution in [0.4, 0.5) is 0 Å². The number of ether oxygens (including phenoxy) is 2. The van der Waals surface area contributed by atoms with Crippen molar-refractivity contribution in [2.75, 3.05) is 6.61 Å². The predicted molar refractivity (Wildman–Crippen MR) is 156 cm³/mol. The molecule has 1 unspecified atom stereocenters. The van der Waals surface area contributed by atoms with Crippen LogP contribution < -0.4 is 0 Å². The number of hydrogen-bond acceptors (Lipinski definition) is 2. The van der Waals surface area contributed by atoms with Crippen molar-refractivity contribution in [3.8, 4) is 0 Å². The second-order valence-electron chi connectivity index (χ2n) is 8.57. The number of benzene rings is 1. The molecule has 1 aromatic rings. The van der Waals surface area contributed by atoms with Gasteiger partial charge in [0.1, 0.15) is 11.5 Å². The molecule has 0 saturated carbocycles. The second kappa shape index (κ2) is 13.3. The molecule has 0 N–H and O–H groups in total. The van der Waals surface area contributed by atoms with Gasteiger partial charge in [0.2, 0.25) is 0 Å². The van der Waals surface area contributed by atoms with Crippen LogP contribution in [-0.2, 0) is 14.9 Å². The molecule has 2 nitrogen and oxygen atoms in total. The van der Waals surface area contributed by atoms with E-state index in [0.29, 0.717) is 18.1 Å². The van der Waals surface area contributed by atoms with Crippen LogP contribution in [0.5, 0.6) is 0 Å². The molecular weight excluding hydrogens is 440 g/mol. The molecule has 2 heteroatoms. The van der Waals surface area contributed by atoms with Gasteiger partial charge in [0, 0.05) is 0 Å². The molecule has 0 amide bonds. The van der Waals surface area contributed by atoms with E-state index in [1.54, 1.807) is 6.08 Å². The van der Waals surface area contributed by atoms with Gasteiger partial charge in [-0.3, -0.25) is 0 Å². The average Bonchev–Trinajstić information content (AvgIpc) is 3.14. The third-order valence-electron chi connectivity index (χ3n) is 6.03. The highest BCUT2D eigenvalue weighted by molar-refractivity contribution is 5.92. The van der Waals surface area contributed by atoms with Gasteiger partial charge in [-0.25, -0.2) is 0 Å². The third-order valence-corrected chi connectivity index (χ3v) is 6.03. The van der Waals surface area contributed by atoms with E-state index in [1.807, 2.05) is 52.0 Å². The fraction of sp³-hybridized carbons (Fsp3) is 0.235. The number of hydrogen-bond donors (Lipinski definition) is 0. The molecular formula is C34H40O2. The minimum absolute atomic E-state index is 0.0421. The molecule has 1 aliphatic rings. The smallest absolute Gasteiger partial charge is 0.119 e. The first kappa shape index (κ1) is 28.5. The Hall–Kier alpha value is -3.78. The van der Waals surface area contributed by atoms with Gasteiger partial charge in [-0.2, -0.15) is 0 Å². The van der Waals surface area contributed by atoms with Gasteiger partial charge < -0.3 is 9.47 Å². The first-order valence-electron chi connectivity index (χ1n) is 12.5. The maximum Gasteiger partial charge on any atom is 0.119 e. The molecule has 0 bridgehead atoms. The average molecular weight is 481 g/mol. The van der Waals surface area contributed by atoms with Gasteiger partial charge >= 0.3 is 0 Å². The van der Waals surface area contributed by atoms with Gasteiger partial charge in [0.25, 0.3) is 0 Å². The second-order valence-corrected chi connectivity index (χ2v) is 8.57. The molecule has 36 heavy (non-hydrogen) atoms. The van der Waals surface area contributed by atoms with Crippen LogP contribution in [0, 0.1) is 0 Å². The first-order chi connectivity index (χ1) is 17.3. The molecule has 0 fully saturated rings. The van der Waals surface area contributed by atoms with Crippen LogP contribution >= 0.6 is 0 Å². The Kier molecular flexibility index (Phi) is 10.5. The summed E-state index contributed by atoms with van der Waals surface area (Å²) in [5.74, 6) is 1.32. The quantitative estimate of drug-likeness (QED) is 0.207. The fourth-order valence-electron chi connectivity index (χ4n) is 4.73. The van der Waals surface area contributed by atoms with Crippen molar-refractivity contribution in [3.63, 3.8) is 0 Å². The monoisotopic (exact) mass is 480 g/mol. The standard InChI is InChI=1S/C34H40O2/c1-10-18-32-30(14-5)31-19-16-17-20-33(31)34(32,27(11-2)22-21-26(9)35-15-6)28(12-3)23-24-29(13-4)36-25(7)8/h10-14,16-25H,3-5,9,15H2,1-2,6-8H3/b18-10-,22-21-,27-11+,28-23+,29-24+. The molecule has 0 aliphatic heterocycles. The fourth-order valence-corrected chi connectivity index (χ4v) is 4.73. The van der Waals surface area contributed by atoms with E-state index in [2.05, 4.69) is 87.9 Å².